The van der Waals surface area contributed by atoms with Crippen LogP contribution < -0.4 is 15.5 Å². The van der Waals surface area contributed by atoms with Crippen molar-refractivity contribution < 1.29 is 9.47 Å². The molecule has 0 bridgehead atoms. The van der Waals surface area contributed by atoms with Crippen LogP contribution in [-0.4, -0.2) is 54.1 Å². The Morgan fingerprint density at radius 2 is 2.03 bits per heavy atom. The third-order valence-electron chi connectivity index (χ3n) is 5.12. The van der Waals surface area contributed by atoms with Crippen LogP contribution in [-0.2, 0) is 11.2 Å². The zero-order valence-corrected chi connectivity index (χ0v) is 17.6. The number of hydrazone groups is 1. The molecule has 31 heavy (non-hydrogen) atoms. The molecule has 0 atom stereocenters. The van der Waals surface area contributed by atoms with E-state index in [4.69, 9.17) is 20.3 Å². The SMILES string of the molecule is Cc1cccc(C=NN)c1-c1cc(N2CCOCC2)nc(OCCc2ccccn2)n1. The molecular formula is C23H26N6O2. The summed E-state index contributed by atoms with van der Waals surface area (Å²) in [7, 11) is 0. The topological polar surface area (TPSA) is 98.8 Å². The molecular weight excluding hydrogens is 392 g/mol. The van der Waals surface area contributed by atoms with E-state index in [0.29, 0.717) is 32.3 Å². The van der Waals surface area contributed by atoms with Gasteiger partial charge < -0.3 is 20.2 Å². The van der Waals surface area contributed by atoms with Crippen LogP contribution in [0.25, 0.3) is 11.3 Å². The highest BCUT2D eigenvalue weighted by Gasteiger charge is 2.18. The molecule has 1 aromatic carbocycles. The molecule has 1 fully saturated rings. The number of morpholine rings is 1. The van der Waals surface area contributed by atoms with E-state index in [9.17, 15) is 0 Å². The van der Waals surface area contributed by atoms with Crippen molar-refractivity contribution in [2.45, 2.75) is 13.3 Å². The second kappa shape index (κ2) is 9.99. The number of hydrogen-bond donors (Lipinski definition) is 1. The number of benzene rings is 1. The van der Waals surface area contributed by atoms with Crippen LogP contribution in [0.2, 0.25) is 0 Å². The van der Waals surface area contributed by atoms with Gasteiger partial charge in [-0.3, -0.25) is 4.98 Å². The fourth-order valence-corrected chi connectivity index (χ4v) is 3.58. The monoisotopic (exact) mass is 418 g/mol. The van der Waals surface area contributed by atoms with E-state index in [-0.39, 0.29) is 0 Å². The molecule has 4 rings (SSSR count). The van der Waals surface area contributed by atoms with Crippen molar-refractivity contribution >= 4 is 12.0 Å². The average Bonchev–Trinajstić information content (AvgIpc) is 2.80. The summed E-state index contributed by atoms with van der Waals surface area (Å²) in [4.78, 5) is 15.9. The predicted octanol–water partition coefficient (Wildman–Crippen LogP) is 2.60. The van der Waals surface area contributed by atoms with E-state index < -0.39 is 0 Å². The Kier molecular flexibility index (Phi) is 6.68. The molecule has 160 valence electrons. The van der Waals surface area contributed by atoms with E-state index >= 15 is 0 Å². The van der Waals surface area contributed by atoms with Gasteiger partial charge in [-0.2, -0.15) is 15.1 Å². The van der Waals surface area contributed by atoms with E-state index in [1.165, 1.54) is 0 Å². The molecule has 1 aliphatic heterocycles. The van der Waals surface area contributed by atoms with Gasteiger partial charge in [0, 0.05) is 48.6 Å². The number of nitrogens with two attached hydrogens (primary N) is 1. The van der Waals surface area contributed by atoms with Gasteiger partial charge in [0.05, 0.1) is 31.7 Å². The number of nitrogens with zero attached hydrogens (tertiary/aromatic N) is 5. The molecule has 0 saturated carbocycles. The second-order valence-electron chi connectivity index (χ2n) is 7.23. The first-order valence-corrected chi connectivity index (χ1v) is 10.3. The molecule has 1 aliphatic rings. The molecule has 0 radical (unpaired) electrons. The highest BCUT2D eigenvalue weighted by atomic mass is 16.5. The Labute approximate surface area is 181 Å². The van der Waals surface area contributed by atoms with E-state index in [0.717, 1.165) is 47.0 Å². The van der Waals surface area contributed by atoms with Crippen molar-refractivity contribution in [3.05, 3.63) is 65.5 Å². The summed E-state index contributed by atoms with van der Waals surface area (Å²) in [5.74, 6) is 6.26. The maximum atomic E-state index is 5.96. The minimum Gasteiger partial charge on any atom is -0.463 e. The Bertz CT molecular complexity index is 1040. The summed E-state index contributed by atoms with van der Waals surface area (Å²) in [6.45, 7) is 5.37. The van der Waals surface area contributed by atoms with Crippen molar-refractivity contribution in [1.82, 2.24) is 15.0 Å². The van der Waals surface area contributed by atoms with Crippen LogP contribution in [0, 0.1) is 6.92 Å². The maximum absolute atomic E-state index is 5.96. The second-order valence-corrected chi connectivity index (χ2v) is 7.23. The third kappa shape index (κ3) is 5.16. The van der Waals surface area contributed by atoms with Crippen LogP contribution in [0.15, 0.2) is 53.8 Å². The van der Waals surface area contributed by atoms with E-state index in [2.05, 4.69) is 20.0 Å². The Hall–Kier alpha value is -3.52. The molecule has 8 nitrogen and oxygen atoms in total. The number of anilines is 1. The molecule has 0 amide bonds. The van der Waals surface area contributed by atoms with Crippen molar-refractivity contribution in [2.75, 3.05) is 37.8 Å². The zero-order valence-electron chi connectivity index (χ0n) is 17.6. The van der Waals surface area contributed by atoms with Gasteiger partial charge in [-0.05, 0) is 24.6 Å². The summed E-state index contributed by atoms with van der Waals surface area (Å²) in [6.07, 6.45) is 4.10. The third-order valence-corrected chi connectivity index (χ3v) is 5.12. The minimum atomic E-state index is 0.341. The zero-order chi connectivity index (χ0) is 21.5. The number of ether oxygens (including phenoxy) is 2. The van der Waals surface area contributed by atoms with Gasteiger partial charge in [-0.25, -0.2) is 0 Å². The Morgan fingerprint density at radius 1 is 1.16 bits per heavy atom. The van der Waals surface area contributed by atoms with Gasteiger partial charge in [-0.1, -0.05) is 24.3 Å². The lowest BCUT2D eigenvalue weighted by molar-refractivity contribution is 0.122. The first-order valence-electron chi connectivity index (χ1n) is 10.3. The molecule has 8 heteroatoms. The van der Waals surface area contributed by atoms with E-state index in [1.54, 1.807) is 12.4 Å². The fraction of sp³-hybridized carbons (Fsp3) is 0.304. The Morgan fingerprint density at radius 3 is 2.81 bits per heavy atom. The normalized spacial score (nSPS) is 14.2. The average molecular weight is 419 g/mol. The van der Waals surface area contributed by atoms with Crippen molar-refractivity contribution in [1.29, 1.82) is 0 Å². The Balaban J connectivity index is 1.67. The number of pyridine rings is 1. The van der Waals surface area contributed by atoms with Gasteiger partial charge in [0.15, 0.2) is 0 Å². The van der Waals surface area contributed by atoms with Crippen molar-refractivity contribution in [2.24, 2.45) is 10.9 Å². The maximum Gasteiger partial charge on any atom is 0.318 e. The largest absolute Gasteiger partial charge is 0.463 e. The fourth-order valence-electron chi connectivity index (χ4n) is 3.58. The van der Waals surface area contributed by atoms with Crippen LogP contribution in [0.5, 0.6) is 6.01 Å². The van der Waals surface area contributed by atoms with Gasteiger partial charge >= 0.3 is 6.01 Å². The van der Waals surface area contributed by atoms with Crippen LogP contribution >= 0.6 is 0 Å². The molecule has 3 aromatic rings. The molecule has 0 unspecified atom stereocenters. The van der Waals surface area contributed by atoms with Crippen LogP contribution in [0.3, 0.4) is 0 Å². The van der Waals surface area contributed by atoms with Crippen LogP contribution in [0.4, 0.5) is 5.82 Å². The predicted molar refractivity (Wildman–Crippen MR) is 120 cm³/mol. The summed E-state index contributed by atoms with van der Waals surface area (Å²) in [5, 5.41) is 3.72. The number of aryl methyl sites for hydroxylation is 1. The number of rotatable bonds is 7. The molecule has 1 saturated heterocycles. The van der Waals surface area contributed by atoms with Gasteiger partial charge in [0.2, 0.25) is 0 Å². The molecule has 3 heterocycles. The van der Waals surface area contributed by atoms with Crippen LogP contribution in [0.1, 0.15) is 16.8 Å². The van der Waals surface area contributed by atoms with E-state index in [1.807, 2.05) is 49.4 Å². The smallest absolute Gasteiger partial charge is 0.318 e. The number of hydrogen-bond acceptors (Lipinski definition) is 8. The summed E-state index contributed by atoms with van der Waals surface area (Å²) in [5.41, 5.74) is 4.67. The first kappa shape index (κ1) is 20.7. The molecule has 0 spiro atoms. The summed E-state index contributed by atoms with van der Waals surface area (Å²) < 4.78 is 11.5. The lowest BCUT2D eigenvalue weighted by atomic mass is 9.99. The quantitative estimate of drug-likeness (QED) is 0.358. The van der Waals surface area contributed by atoms with Gasteiger partial charge in [0.1, 0.15) is 5.82 Å². The minimum absolute atomic E-state index is 0.341. The summed E-state index contributed by atoms with van der Waals surface area (Å²) >= 11 is 0. The summed E-state index contributed by atoms with van der Waals surface area (Å²) in [6, 6.07) is 14.2. The lowest BCUT2D eigenvalue weighted by Crippen LogP contribution is -2.36. The highest BCUT2D eigenvalue weighted by Crippen LogP contribution is 2.29. The van der Waals surface area contributed by atoms with Crippen molar-refractivity contribution in [3.63, 3.8) is 0 Å². The van der Waals surface area contributed by atoms with Gasteiger partial charge in [0.25, 0.3) is 0 Å². The number of aromatic nitrogens is 3. The highest BCUT2D eigenvalue weighted by molar-refractivity contribution is 5.91. The van der Waals surface area contributed by atoms with Gasteiger partial charge in [-0.15, -0.1) is 0 Å². The molecule has 0 aliphatic carbocycles. The molecule has 2 N–H and O–H groups in total. The van der Waals surface area contributed by atoms with Crippen molar-refractivity contribution in [3.8, 4) is 17.3 Å². The standard InChI is InChI=1S/C23H26N6O2/c1-17-5-4-6-18(16-26-24)22(17)20-15-21(29-10-13-30-14-11-29)28-23(27-20)31-12-8-19-7-2-3-9-25-19/h2-7,9,15-16H,8,10-14,24H2,1H3. The lowest BCUT2D eigenvalue weighted by Gasteiger charge is -2.28. The molecule has 2 aromatic heterocycles. The first-order chi connectivity index (χ1) is 15.2.